The molecule has 0 fully saturated rings. The zero-order valence-corrected chi connectivity index (χ0v) is 12.6. The topological polar surface area (TPSA) is 78.9 Å². The Morgan fingerprint density at radius 2 is 1.75 bits per heavy atom. The summed E-state index contributed by atoms with van der Waals surface area (Å²) in [4.78, 5) is 23.0. The number of aromatic nitrogens is 3. The highest BCUT2D eigenvalue weighted by atomic mass is 16.4. The zero-order valence-electron chi connectivity index (χ0n) is 12.6. The molecular formula is C19H13N3O2. The normalized spacial score (nSPS) is 10.8. The number of carbonyl (C=O) groups is 1. The van der Waals surface area contributed by atoms with Gasteiger partial charge in [-0.25, -0.2) is 9.78 Å². The second-order valence-electron chi connectivity index (χ2n) is 5.44. The number of fused-ring (bicyclic) bond motifs is 1. The summed E-state index contributed by atoms with van der Waals surface area (Å²) in [6.07, 6.45) is 3.46. The number of benzene rings is 2. The van der Waals surface area contributed by atoms with Gasteiger partial charge in [-0.1, -0.05) is 36.4 Å². The van der Waals surface area contributed by atoms with E-state index in [1.807, 2.05) is 36.4 Å². The van der Waals surface area contributed by atoms with E-state index in [1.165, 1.54) is 0 Å². The van der Waals surface area contributed by atoms with Gasteiger partial charge in [-0.15, -0.1) is 0 Å². The van der Waals surface area contributed by atoms with Crippen molar-refractivity contribution in [3.63, 3.8) is 0 Å². The highest BCUT2D eigenvalue weighted by Crippen LogP contribution is 2.25. The first kappa shape index (κ1) is 14.1. The second kappa shape index (κ2) is 5.62. The Morgan fingerprint density at radius 3 is 2.50 bits per heavy atom. The molecule has 5 heteroatoms. The van der Waals surface area contributed by atoms with Gasteiger partial charge < -0.3 is 10.1 Å². The summed E-state index contributed by atoms with van der Waals surface area (Å²) in [6.45, 7) is 0. The van der Waals surface area contributed by atoms with Gasteiger partial charge in [0.1, 0.15) is 5.82 Å². The Balaban J connectivity index is 1.69. The highest BCUT2D eigenvalue weighted by molar-refractivity contribution is 5.89. The number of nitrogens with one attached hydrogen (secondary N) is 1. The summed E-state index contributed by atoms with van der Waals surface area (Å²) in [5.41, 5.74) is 4.84. The third-order valence-electron chi connectivity index (χ3n) is 3.88. The van der Waals surface area contributed by atoms with Crippen molar-refractivity contribution < 1.29 is 9.90 Å². The lowest BCUT2D eigenvalue weighted by atomic mass is 10.0. The van der Waals surface area contributed by atoms with E-state index in [2.05, 4.69) is 15.0 Å². The average molecular weight is 315 g/mol. The van der Waals surface area contributed by atoms with Gasteiger partial charge in [-0.2, -0.15) is 0 Å². The molecule has 0 saturated heterocycles. The molecule has 24 heavy (non-hydrogen) atoms. The largest absolute Gasteiger partial charge is 0.478 e. The summed E-state index contributed by atoms with van der Waals surface area (Å²) in [5, 5.41) is 9.10. The number of aromatic amines is 1. The lowest BCUT2D eigenvalue weighted by molar-refractivity contribution is 0.0697. The van der Waals surface area contributed by atoms with Crippen molar-refractivity contribution in [2.24, 2.45) is 0 Å². The van der Waals surface area contributed by atoms with Crippen LogP contribution in [0.15, 0.2) is 67.0 Å². The van der Waals surface area contributed by atoms with Crippen molar-refractivity contribution in [3.05, 3.63) is 72.6 Å². The molecule has 4 aromatic rings. The maximum Gasteiger partial charge on any atom is 0.335 e. The second-order valence-corrected chi connectivity index (χ2v) is 5.44. The Labute approximate surface area is 137 Å². The Morgan fingerprint density at radius 1 is 0.958 bits per heavy atom. The SMILES string of the molecule is O=C(O)c1cccc(-c2ccc(-c3nc4ccncc4[nH]3)cc2)c1. The van der Waals surface area contributed by atoms with Crippen molar-refractivity contribution in [2.45, 2.75) is 0 Å². The Hall–Kier alpha value is -3.47. The molecule has 0 bridgehead atoms. The molecule has 2 N–H and O–H groups in total. The summed E-state index contributed by atoms with van der Waals surface area (Å²) in [5.74, 6) is -0.145. The molecule has 0 radical (unpaired) electrons. The lowest BCUT2D eigenvalue weighted by Crippen LogP contribution is -1.95. The summed E-state index contributed by atoms with van der Waals surface area (Å²) >= 11 is 0. The van der Waals surface area contributed by atoms with Crippen LogP contribution in [0.4, 0.5) is 0 Å². The first-order valence-electron chi connectivity index (χ1n) is 7.44. The van der Waals surface area contributed by atoms with Crippen molar-refractivity contribution in [1.29, 1.82) is 0 Å². The Kier molecular flexibility index (Phi) is 3.31. The van der Waals surface area contributed by atoms with Gasteiger partial charge >= 0.3 is 5.97 Å². The number of nitrogens with zero attached hydrogens (tertiary/aromatic N) is 2. The number of H-pyrrole nitrogens is 1. The van der Waals surface area contributed by atoms with E-state index in [0.29, 0.717) is 0 Å². The number of carboxylic acids is 1. The monoisotopic (exact) mass is 315 g/mol. The quantitative estimate of drug-likeness (QED) is 0.599. The summed E-state index contributed by atoms with van der Waals surface area (Å²) in [6, 6.07) is 16.6. The first-order chi connectivity index (χ1) is 11.7. The number of hydrogen-bond donors (Lipinski definition) is 2. The fourth-order valence-corrected chi connectivity index (χ4v) is 2.65. The predicted octanol–water partition coefficient (Wildman–Crippen LogP) is 3.99. The van der Waals surface area contributed by atoms with Crippen LogP contribution in [0, 0.1) is 0 Å². The molecule has 0 aliphatic rings. The van der Waals surface area contributed by atoms with E-state index in [1.54, 1.807) is 30.6 Å². The van der Waals surface area contributed by atoms with Crippen LogP contribution >= 0.6 is 0 Å². The highest BCUT2D eigenvalue weighted by Gasteiger charge is 2.07. The van der Waals surface area contributed by atoms with Crippen LogP contribution in [0.25, 0.3) is 33.5 Å². The fourth-order valence-electron chi connectivity index (χ4n) is 2.65. The van der Waals surface area contributed by atoms with Gasteiger partial charge in [0, 0.05) is 11.8 Å². The number of carboxylic acid groups (broad SMARTS) is 1. The van der Waals surface area contributed by atoms with Gasteiger partial charge in [0.15, 0.2) is 0 Å². The standard InChI is InChI=1S/C19H13N3O2/c23-19(24)15-3-1-2-14(10-15)12-4-6-13(7-5-12)18-21-16-8-9-20-11-17(16)22-18/h1-11H,(H,21,22)(H,23,24). The number of aromatic carboxylic acids is 1. The molecule has 0 aliphatic carbocycles. The zero-order chi connectivity index (χ0) is 16.5. The third-order valence-corrected chi connectivity index (χ3v) is 3.88. The molecule has 0 saturated carbocycles. The van der Waals surface area contributed by atoms with Crippen molar-refractivity contribution in [2.75, 3.05) is 0 Å². The molecule has 2 heterocycles. The van der Waals surface area contributed by atoms with Crippen LogP contribution in [0.5, 0.6) is 0 Å². The third kappa shape index (κ3) is 2.52. The molecule has 0 unspecified atom stereocenters. The molecule has 0 amide bonds. The number of imidazole rings is 1. The minimum atomic E-state index is -0.927. The van der Waals surface area contributed by atoms with Crippen LogP contribution in [-0.2, 0) is 0 Å². The number of rotatable bonds is 3. The van der Waals surface area contributed by atoms with Gasteiger partial charge in [-0.3, -0.25) is 4.98 Å². The van der Waals surface area contributed by atoms with Crippen LogP contribution in [-0.4, -0.2) is 26.0 Å². The van der Waals surface area contributed by atoms with Gasteiger partial charge in [-0.05, 0) is 29.3 Å². The predicted molar refractivity (Wildman–Crippen MR) is 91.7 cm³/mol. The molecule has 0 aliphatic heterocycles. The number of hydrogen-bond acceptors (Lipinski definition) is 3. The van der Waals surface area contributed by atoms with Crippen LogP contribution in [0.2, 0.25) is 0 Å². The molecule has 2 aromatic carbocycles. The molecule has 5 nitrogen and oxygen atoms in total. The summed E-state index contributed by atoms with van der Waals surface area (Å²) in [7, 11) is 0. The van der Waals surface area contributed by atoms with E-state index in [0.717, 1.165) is 33.5 Å². The summed E-state index contributed by atoms with van der Waals surface area (Å²) < 4.78 is 0. The van der Waals surface area contributed by atoms with Crippen molar-refractivity contribution >= 4 is 17.0 Å². The Bertz CT molecular complexity index is 1000. The van der Waals surface area contributed by atoms with Gasteiger partial charge in [0.25, 0.3) is 0 Å². The van der Waals surface area contributed by atoms with Gasteiger partial charge in [0.05, 0.1) is 22.8 Å². The number of pyridine rings is 1. The maximum absolute atomic E-state index is 11.1. The average Bonchev–Trinajstić information content (AvgIpc) is 3.06. The maximum atomic E-state index is 11.1. The minimum absolute atomic E-state index is 0.279. The molecule has 0 atom stereocenters. The minimum Gasteiger partial charge on any atom is -0.478 e. The smallest absolute Gasteiger partial charge is 0.335 e. The first-order valence-corrected chi connectivity index (χ1v) is 7.44. The van der Waals surface area contributed by atoms with Crippen molar-refractivity contribution in [3.8, 4) is 22.5 Å². The van der Waals surface area contributed by atoms with Gasteiger partial charge in [0.2, 0.25) is 0 Å². The molecule has 4 rings (SSSR count). The van der Waals surface area contributed by atoms with Crippen LogP contribution in [0.1, 0.15) is 10.4 Å². The lowest BCUT2D eigenvalue weighted by Gasteiger charge is -2.04. The van der Waals surface area contributed by atoms with Crippen LogP contribution < -0.4 is 0 Å². The van der Waals surface area contributed by atoms with E-state index in [9.17, 15) is 4.79 Å². The molecule has 116 valence electrons. The molecule has 2 aromatic heterocycles. The van der Waals surface area contributed by atoms with Crippen LogP contribution in [0.3, 0.4) is 0 Å². The van der Waals surface area contributed by atoms with E-state index in [-0.39, 0.29) is 5.56 Å². The van der Waals surface area contributed by atoms with E-state index < -0.39 is 5.97 Å². The molecular weight excluding hydrogens is 302 g/mol. The van der Waals surface area contributed by atoms with Crippen molar-refractivity contribution in [1.82, 2.24) is 15.0 Å². The fraction of sp³-hybridized carbons (Fsp3) is 0. The van der Waals surface area contributed by atoms with E-state index in [4.69, 9.17) is 5.11 Å². The molecule has 0 spiro atoms. The van der Waals surface area contributed by atoms with E-state index >= 15 is 0 Å².